The molecule has 2 N–H and O–H groups in total. The number of hydrogen-bond donors (Lipinski definition) is 2. The molecule has 1 aromatic heterocycles. The number of hydrogen-bond acceptors (Lipinski definition) is 5. The minimum Gasteiger partial charge on any atom is -0.444 e. The molecule has 1 aliphatic rings. The van der Waals surface area contributed by atoms with Crippen molar-refractivity contribution >= 4 is 17.7 Å². The average molecular weight is 371 g/mol. The highest BCUT2D eigenvalue weighted by molar-refractivity contribution is 5.92. The molecule has 144 valence electrons. The van der Waals surface area contributed by atoms with Crippen LogP contribution in [0.25, 0.3) is 11.5 Å². The maximum absolute atomic E-state index is 12.2. The zero-order valence-corrected chi connectivity index (χ0v) is 15.9. The summed E-state index contributed by atoms with van der Waals surface area (Å²) in [4.78, 5) is 28.3. The highest BCUT2D eigenvalue weighted by atomic mass is 16.6. The van der Waals surface area contributed by atoms with E-state index in [-0.39, 0.29) is 17.6 Å². The van der Waals surface area contributed by atoms with Gasteiger partial charge in [-0.1, -0.05) is 12.8 Å². The van der Waals surface area contributed by atoms with Gasteiger partial charge in [0.05, 0.1) is 0 Å². The van der Waals surface area contributed by atoms with Gasteiger partial charge in [-0.05, 0) is 57.9 Å². The molecule has 3 rings (SSSR count). The first kappa shape index (κ1) is 18.9. The van der Waals surface area contributed by atoms with Crippen LogP contribution in [-0.4, -0.2) is 28.6 Å². The lowest BCUT2D eigenvalue weighted by Crippen LogP contribution is -2.32. The number of amides is 2. The second kappa shape index (κ2) is 7.82. The standard InChI is InChI=1S/C20H25N3O4/c1-20(2,3)27-19(25)22-15-10-8-13(9-11-15)18-23-16(12-26-18)17(24)21-14-6-4-5-7-14/h8-12,14H,4-7H2,1-3H3,(H,21,24)(H,22,25). The lowest BCUT2D eigenvalue weighted by atomic mass is 10.2. The molecular weight excluding hydrogens is 346 g/mol. The first-order chi connectivity index (χ1) is 12.8. The van der Waals surface area contributed by atoms with Crippen LogP contribution in [0.5, 0.6) is 0 Å². The van der Waals surface area contributed by atoms with Gasteiger partial charge in [0.2, 0.25) is 5.89 Å². The summed E-state index contributed by atoms with van der Waals surface area (Å²) in [5.41, 5.74) is 1.02. The van der Waals surface area contributed by atoms with E-state index in [1.54, 1.807) is 45.0 Å². The van der Waals surface area contributed by atoms with Crippen molar-refractivity contribution in [1.82, 2.24) is 10.3 Å². The Kier molecular flexibility index (Phi) is 5.48. The van der Waals surface area contributed by atoms with E-state index in [0.29, 0.717) is 17.1 Å². The monoisotopic (exact) mass is 371 g/mol. The van der Waals surface area contributed by atoms with Crippen molar-refractivity contribution in [3.8, 4) is 11.5 Å². The van der Waals surface area contributed by atoms with E-state index in [1.165, 1.54) is 6.26 Å². The fourth-order valence-electron chi connectivity index (χ4n) is 2.96. The van der Waals surface area contributed by atoms with Gasteiger partial charge >= 0.3 is 6.09 Å². The lowest BCUT2D eigenvalue weighted by molar-refractivity contribution is 0.0635. The summed E-state index contributed by atoms with van der Waals surface area (Å²) in [7, 11) is 0. The number of aromatic nitrogens is 1. The Labute approximate surface area is 158 Å². The van der Waals surface area contributed by atoms with Gasteiger partial charge in [0.25, 0.3) is 5.91 Å². The highest BCUT2D eigenvalue weighted by Gasteiger charge is 2.20. The predicted molar refractivity (Wildman–Crippen MR) is 102 cm³/mol. The summed E-state index contributed by atoms with van der Waals surface area (Å²) in [5.74, 6) is 0.149. The van der Waals surface area contributed by atoms with Crippen LogP contribution in [0, 0.1) is 0 Å². The van der Waals surface area contributed by atoms with Crippen molar-refractivity contribution in [1.29, 1.82) is 0 Å². The third-order valence-electron chi connectivity index (χ3n) is 4.20. The zero-order chi connectivity index (χ0) is 19.4. The molecule has 7 nitrogen and oxygen atoms in total. The average Bonchev–Trinajstić information content (AvgIpc) is 3.25. The Morgan fingerprint density at radius 2 is 1.81 bits per heavy atom. The van der Waals surface area contributed by atoms with Gasteiger partial charge in [-0.3, -0.25) is 10.1 Å². The minimum absolute atomic E-state index is 0.208. The number of carbonyl (C=O) groups excluding carboxylic acids is 2. The summed E-state index contributed by atoms with van der Waals surface area (Å²) in [6.45, 7) is 5.41. The fraction of sp³-hybridized carbons (Fsp3) is 0.450. The molecule has 2 amide bonds. The molecule has 0 radical (unpaired) electrons. The Bertz CT molecular complexity index is 799. The van der Waals surface area contributed by atoms with Crippen LogP contribution in [-0.2, 0) is 4.74 Å². The van der Waals surface area contributed by atoms with Crippen molar-refractivity contribution in [2.75, 3.05) is 5.32 Å². The van der Waals surface area contributed by atoms with E-state index in [0.717, 1.165) is 25.7 Å². The van der Waals surface area contributed by atoms with Crippen LogP contribution in [0.3, 0.4) is 0 Å². The van der Waals surface area contributed by atoms with Gasteiger partial charge in [-0.2, -0.15) is 0 Å². The van der Waals surface area contributed by atoms with Gasteiger partial charge in [0.1, 0.15) is 11.9 Å². The molecule has 1 heterocycles. The number of nitrogens with one attached hydrogen (secondary N) is 2. The zero-order valence-electron chi connectivity index (χ0n) is 15.9. The molecule has 1 fully saturated rings. The van der Waals surface area contributed by atoms with Crippen molar-refractivity contribution in [2.45, 2.75) is 58.1 Å². The van der Waals surface area contributed by atoms with Gasteiger partial charge < -0.3 is 14.5 Å². The lowest BCUT2D eigenvalue weighted by Gasteiger charge is -2.19. The van der Waals surface area contributed by atoms with E-state index in [2.05, 4.69) is 15.6 Å². The molecule has 0 spiro atoms. The van der Waals surface area contributed by atoms with Crippen LogP contribution < -0.4 is 10.6 Å². The summed E-state index contributed by atoms with van der Waals surface area (Å²) in [5, 5.41) is 5.65. The molecule has 1 aliphatic carbocycles. The maximum atomic E-state index is 12.2. The fourth-order valence-corrected chi connectivity index (χ4v) is 2.96. The van der Waals surface area contributed by atoms with Gasteiger partial charge in [-0.15, -0.1) is 0 Å². The van der Waals surface area contributed by atoms with E-state index >= 15 is 0 Å². The number of carbonyl (C=O) groups is 2. The number of anilines is 1. The Morgan fingerprint density at radius 3 is 2.44 bits per heavy atom. The molecule has 1 aromatic carbocycles. The van der Waals surface area contributed by atoms with Crippen LogP contribution in [0.1, 0.15) is 56.9 Å². The van der Waals surface area contributed by atoms with E-state index in [1.807, 2.05) is 0 Å². The highest BCUT2D eigenvalue weighted by Crippen LogP contribution is 2.22. The van der Waals surface area contributed by atoms with Crippen LogP contribution in [0.4, 0.5) is 10.5 Å². The number of nitrogens with zero attached hydrogens (tertiary/aromatic N) is 1. The summed E-state index contributed by atoms with van der Waals surface area (Å²) in [6, 6.07) is 7.20. The van der Waals surface area contributed by atoms with Gasteiger partial charge in [0, 0.05) is 17.3 Å². The molecule has 0 aliphatic heterocycles. The smallest absolute Gasteiger partial charge is 0.412 e. The molecule has 0 unspecified atom stereocenters. The second-order valence-electron chi connectivity index (χ2n) is 7.70. The van der Waals surface area contributed by atoms with Crippen LogP contribution in [0.2, 0.25) is 0 Å². The molecule has 7 heteroatoms. The number of benzene rings is 1. The summed E-state index contributed by atoms with van der Waals surface area (Å²) in [6.07, 6.45) is 5.19. The number of rotatable bonds is 4. The molecule has 2 aromatic rings. The van der Waals surface area contributed by atoms with Crippen molar-refractivity contribution in [2.24, 2.45) is 0 Å². The molecule has 0 atom stereocenters. The SMILES string of the molecule is CC(C)(C)OC(=O)Nc1ccc(-c2nc(C(=O)NC3CCCC3)co2)cc1. The van der Waals surface area contributed by atoms with Crippen molar-refractivity contribution in [3.05, 3.63) is 36.2 Å². The molecule has 0 bridgehead atoms. The maximum Gasteiger partial charge on any atom is 0.412 e. The largest absolute Gasteiger partial charge is 0.444 e. The molecular formula is C20H25N3O4. The van der Waals surface area contributed by atoms with Crippen molar-refractivity contribution < 1.29 is 18.7 Å². The topological polar surface area (TPSA) is 93.5 Å². The Morgan fingerprint density at radius 1 is 1.15 bits per heavy atom. The second-order valence-corrected chi connectivity index (χ2v) is 7.70. The van der Waals surface area contributed by atoms with E-state index < -0.39 is 11.7 Å². The number of oxazole rings is 1. The van der Waals surface area contributed by atoms with Crippen molar-refractivity contribution in [3.63, 3.8) is 0 Å². The third kappa shape index (κ3) is 5.32. The summed E-state index contributed by atoms with van der Waals surface area (Å²) < 4.78 is 10.7. The predicted octanol–water partition coefficient (Wildman–Crippen LogP) is 4.36. The molecule has 0 saturated heterocycles. The minimum atomic E-state index is -0.558. The van der Waals surface area contributed by atoms with E-state index in [9.17, 15) is 9.59 Å². The van der Waals surface area contributed by atoms with E-state index in [4.69, 9.17) is 9.15 Å². The Balaban J connectivity index is 1.61. The first-order valence-electron chi connectivity index (χ1n) is 9.17. The van der Waals surface area contributed by atoms with Gasteiger partial charge in [0.15, 0.2) is 5.69 Å². The normalized spacial score (nSPS) is 14.8. The molecule has 1 saturated carbocycles. The van der Waals surface area contributed by atoms with Gasteiger partial charge in [-0.25, -0.2) is 9.78 Å². The first-order valence-corrected chi connectivity index (χ1v) is 9.17. The van der Waals surface area contributed by atoms with Crippen LogP contribution in [0.15, 0.2) is 34.9 Å². The Hall–Kier alpha value is -2.83. The third-order valence-corrected chi connectivity index (χ3v) is 4.20. The summed E-state index contributed by atoms with van der Waals surface area (Å²) >= 11 is 0. The quantitative estimate of drug-likeness (QED) is 0.833. The van der Waals surface area contributed by atoms with Crippen LogP contribution >= 0.6 is 0 Å². The number of ether oxygens (including phenoxy) is 1. The molecule has 27 heavy (non-hydrogen) atoms.